The van der Waals surface area contributed by atoms with Crippen LogP contribution in [-0.2, 0) is 19.5 Å². The highest BCUT2D eigenvalue weighted by Crippen LogP contribution is 2.25. The molecule has 0 radical (unpaired) electrons. The average molecular weight is 366 g/mol. The number of para-hydroxylation sites is 1. The highest BCUT2D eigenvalue weighted by Gasteiger charge is 2.22. The number of nitrogens with zero attached hydrogens (tertiary/aromatic N) is 2. The van der Waals surface area contributed by atoms with Crippen molar-refractivity contribution in [3.63, 3.8) is 0 Å². The number of rotatable bonds is 3. The van der Waals surface area contributed by atoms with Gasteiger partial charge >= 0.3 is 0 Å². The van der Waals surface area contributed by atoms with Gasteiger partial charge in [0.05, 0.1) is 5.69 Å². The second-order valence-corrected chi connectivity index (χ2v) is 6.67. The van der Waals surface area contributed by atoms with Crippen LogP contribution in [0.2, 0.25) is 0 Å². The first-order chi connectivity index (χ1) is 13.0. The maximum Gasteiger partial charge on any atom is 0.254 e. The fraction of sp³-hybridized carbons (Fsp3) is 0.200. The molecule has 138 valence electrons. The second kappa shape index (κ2) is 6.85. The van der Waals surface area contributed by atoms with E-state index in [0.717, 1.165) is 5.56 Å². The molecule has 0 spiro atoms. The number of phenolic OH excluding ortho intramolecular Hbond substituents is 1. The maximum absolute atomic E-state index is 13.6. The number of hydrogen-bond donors (Lipinski definition) is 3. The molecular weight excluding hydrogens is 347 g/mol. The zero-order valence-corrected chi connectivity index (χ0v) is 14.6. The zero-order valence-electron chi connectivity index (χ0n) is 14.6. The van der Waals surface area contributed by atoms with Crippen LogP contribution in [0.25, 0.3) is 11.4 Å². The van der Waals surface area contributed by atoms with Crippen molar-refractivity contribution in [1.29, 1.82) is 0 Å². The van der Waals surface area contributed by atoms with E-state index in [1.54, 1.807) is 24.3 Å². The van der Waals surface area contributed by atoms with Crippen molar-refractivity contribution in [2.45, 2.75) is 19.5 Å². The molecule has 0 saturated heterocycles. The number of nitrogens with one attached hydrogen (secondary N) is 1. The van der Waals surface area contributed by atoms with Crippen molar-refractivity contribution < 1.29 is 9.50 Å². The predicted octanol–water partition coefficient (Wildman–Crippen LogP) is 2.42. The summed E-state index contributed by atoms with van der Waals surface area (Å²) in [5.74, 6) is -0.468. The molecule has 0 saturated carbocycles. The Morgan fingerprint density at radius 3 is 2.78 bits per heavy atom. The molecule has 1 aliphatic heterocycles. The van der Waals surface area contributed by atoms with Gasteiger partial charge in [0.25, 0.3) is 5.56 Å². The van der Waals surface area contributed by atoms with Gasteiger partial charge in [0, 0.05) is 42.0 Å². The summed E-state index contributed by atoms with van der Waals surface area (Å²) in [6.07, 6.45) is 0.551. The maximum atomic E-state index is 13.6. The van der Waals surface area contributed by atoms with E-state index < -0.39 is 5.82 Å². The quantitative estimate of drug-likeness (QED) is 0.619. The molecule has 0 amide bonds. The molecule has 6 nitrogen and oxygen atoms in total. The Bertz CT molecular complexity index is 1050. The van der Waals surface area contributed by atoms with Crippen LogP contribution in [0.5, 0.6) is 5.75 Å². The van der Waals surface area contributed by atoms with Gasteiger partial charge in [0.15, 0.2) is 11.6 Å². The molecule has 0 atom stereocenters. The lowest BCUT2D eigenvalue weighted by Crippen LogP contribution is -2.35. The third kappa shape index (κ3) is 3.41. The van der Waals surface area contributed by atoms with Crippen LogP contribution in [-0.4, -0.2) is 26.5 Å². The Morgan fingerprint density at radius 2 is 2.00 bits per heavy atom. The number of halogens is 1. The highest BCUT2D eigenvalue weighted by atomic mass is 19.1. The molecule has 3 aromatic rings. The van der Waals surface area contributed by atoms with Crippen molar-refractivity contribution in [3.8, 4) is 17.1 Å². The zero-order chi connectivity index (χ0) is 19.0. The summed E-state index contributed by atoms with van der Waals surface area (Å²) in [5, 5.41) is 9.90. The number of anilines is 1. The topological polar surface area (TPSA) is 95.2 Å². The molecule has 0 aliphatic carbocycles. The molecule has 7 heteroatoms. The third-order valence-electron chi connectivity index (χ3n) is 4.80. The summed E-state index contributed by atoms with van der Waals surface area (Å²) in [6, 6.07) is 11.6. The lowest BCUT2D eigenvalue weighted by Gasteiger charge is -2.28. The van der Waals surface area contributed by atoms with Crippen molar-refractivity contribution in [1.82, 2.24) is 14.9 Å². The van der Waals surface area contributed by atoms with E-state index in [9.17, 15) is 14.3 Å². The van der Waals surface area contributed by atoms with E-state index >= 15 is 0 Å². The molecular formula is C20H19FN4O2. The molecule has 2 aromatic carbocycles. The van der Waals surface area contributed by atoms with Crippen LogP contribution in [0.4, 0.5) is 10.1 Å². The van der Waals surface area contributed by atoms with Crippen molar-refractivity contribution in [2.24, 2.45) is 0 Å². The number of aromatic amines is 1. The largest absolute Gasteiger partial charge is 0.505 e. The Labute approximate surface area is 155 Å². The van der Waals surface area contributed by atoms with Gasteiger partial charge in [-0.2, -0.15) is 0 Å². The number of aromatic nitrogens is 2. The fourth-order valence-corrected chi connectivity index (χ4v) is 3.33. The van der Waals surface area contributed by atoms with Gasteiger partial charge < -0.3 is 15.8 Å². The van der Waals surface area contributed by atoms with Crippen LogP contribution < -0.4 is 11.3 Å². The third-order valence-corrected chi connectivity index (χ3v) is 4.80. The average Bonchev–Trinajstić information content (AvgIpc) is 2.66. The summed E-state index contributed by atoms with van der Waals surface area (Å²) in [4.78, 5) is 22.0. The Hall–Kier alpha value is -3.19. The van der Waals surface area contributed by atoms with Crippen LogP contribution >= 0.6 is 0 Å². The standard InChI is InChI=1S/C20H19FN4O2/c21-16-3-1-2-13(18(16)26)10-25-9-8-15-17(11-25)23-19(24-20(15)27)12-4-6-14(22)7-5-12/h1-7,26H,8-11,22H2,(H,23,24,27). The summed E-state index contributed by atoms with van der Waals surface area (Å²) >= 11 is 0. The van der Waals surface area contributed by atoms with Crippen LogP contribution in [0.1, 0.15) is 16.8 Å². The number of nitrogens with two attached hydrogens (primary N) is 1. The van der Waals surface area contributed by atoms with Crippen molar-refractivity contribution in [2.75, 3.05) is 12.3 Å². The Morgan fingerprint density at radius 1 is 1.22 bits per heavy atom. The van der Waals surface area contributed by atoms with E-state index in [1.165, 1.54) is 6.07 Å². The first-order valence-electron chi connectivity index (χ1n) is 8.68. The van der Waals surface area contributed by atoms with E-state index in [-0.39, 0.29) is 11.3 Å². The SMILES string of the molecule is Nc1ccc(-c2nc3c(c(=O)[nH]2)CCN(Cc2cccc(F)c2O)C3)cc1. The van der Waals surface area contributed by atoms with Gasteiger partial charge in [0.1, 0.15) is 5.82 Å². The van der Waals surface area contributed by atoms with E-state index in [0.29, 0.717) is 54.4 Å². The highest BCUT2D eigenvalue weighted by molar-refractivity contribution is 5.58. The number of nitrogen functional groups attached to an aromatic ring is 1. The van der Waals surface area contributed by atoms with Gasteiger partial charge in [-0.3, -0.25) is 9.69 Å². The van der Waals surface area contributed by atoms with E-state index in [1.807, 2.05) is 17.0 Å². The number of aromatic hydroxyl groups is 1. The predicted molar refractivity (Wildman–Crippen MR) is 101 cm³/mol. The summed E-state index contributed by atoms with van der Waals surface area (Å²) in [5.41, 5.74) is 8.89. The van der Waals surface area contributed by atoms with Gasteiger partial charge in [-0.15, -0.1) is 0 Å². The Balaban J connectivity index is 1.62. The van der Waals surface area contributed by atoms with Gasteiger partial charge in [0.2, 0.25) is 0 Å². The minimum Gasteiger partial charge on any atom is -0.505 e. The first-order valence-corrected chi connectivity index (χ1v) is 8.68. The smallest absolute Gasteiger partial charge is 0.254 e. The molecule has 0 unspecified atom stereocenters. The van der Waals surface area contributed by atoms with Crippen molar-refractivity contribution in [3.05, 3.63) is 75.5 Å². The van der Waals surface area contributed by atoms with Gasteiger partial charge in [-0.05, 0) is 36.8 Å². The number of benzene rings is 2. The van der Waals surface area contributed by atoms with E-state index in [4.69, 9.17) is 5.73 Å². The van der Waals surface area contributed by atoms with E-state index in [2.05, 4.69) is 9.97 Å². The lowest BCUT2D eigenvalue weighted by atomic mass is 10.0. The van der Waals surface area contributed by atoms with Crippen molar-refractivity contribution >= 4 is 5.69 Å². The molecule has 1 aliphatic rings. The molecule has 4 rings (SSSR count). The molecule has 0 fully saturated rings. The lowest BCUT2D eigenvalue weighted by molar-refractivity contribution is 0.236. The first kappa shape index (κ1) is 17.2. The molecule has 0 bridgehead atoms. The second-order valence-electron chi connectivity index (χ2n) is 6.67. The molecule has 27 heavy (non-hydrogen) atoms. The monoisotopic (exact) mass is 366 g/mol. The molecule has 1 aromatic heterocycles. The normalized spacial score (nSPS) is 14.1. The fourth-order valence-electron chi connectivity index (χ4n) is 3.33. The number of fused-ring (bicyclic) bond motifs is 1. The summed E-state index contributed by atoms with van der Waals surface area (Å²) in [7, 11) is 0. The Kier molecular flexibility index (Phi) is 4.37. The van der Waals surface area contributed by atoms with Crippen LogP contribution in [0, 0.1) is 5.82 Å². The number of H-pyrrole nitrogens is 1. The van der Waals surface area contributed by atoms with Crippen LogP contribution in [0.3, 0.4) is 0 Å². The molecule has 4 N–H and O–H groups in total. The number of hydrogen-bond acceptors (Lipinski definition) is 5. The molecule has 2 heterocycles. The summed E-state index contributed by atoms with van der Waals surface area (Å²) in [6.45, 7) is 1.47. The number of phenols is 1. The van der Waals surface area contributed by atoms with Gasteiger partial charge in [-0.25, -0.2) is 9.37 Å². The summed E-state index contributed by atoms with van der Waals surface area (Å²) < 4.78 is 13.6. The minimum atomic E-state index is -0.634. The van der Waals surface area contributed by atoms with Gasteiger partial charge in [-0.1, -0.05) is 12.1 Å². The van der Waals surface area contributed by atoms with Crippen LogP contribution in [0.15, 0.2) is 47.3 Å². The minimum absolute atomic E-state index is 0.139.